The maximum Gasteiger partial charge on any atom is 0.318 e. The Bertz CT molecular complexity index is 2070. The first-order valence-corrected chi connectivity index (χ1v) is 20.0. The molecule has 7 rings (SSSR count). The summed E-state index contributed by atoms with van der Waals surface area (Å²) in [6, 6.07) is 20.1. The van der Waals surface area contributed by atoms with Gasteiger partial charge >= 0.3 is 6.01 Å². The Kier molecular flexibility index (Phi) is 12.2. The lowest BCUT2D eigenvalue weighted by atomic mass is 10.0. The number of aromatic nitrogens is 2. The second-order valence-corrected chi connectivity index (χ2v) is 15.6. The van der Waals surface area contributed by atoms with Crippen LogP contribution in [0.4, 0.5) is 11.5 Å². The van der Waals surface area contributed by atoms with Gasteiger partial charge in [-0.25, -0.2) is 6.57 Å². The van der Waals surface area contributed by atoms with Crippen LogP contribution < -0.4 is 19.9 Å². The van der Waals surface area contributed by atoms with Crippen molar-refractivity contribution in [3.8, 4) is 6.01 Å². The number of carbonyl (C=O) groups excluding carboxylic acids is 2. The zero-order valence-electron chi connectivity index (χ0n) is 30.2. The molecule has 2 atom stereocenters. The number of carbonyl (C=O) groups is 2. The Labute approximate surface area is 335 Å². The summed E-state index contributed by atoms with van der Waals surface area (Å²) in [4.78, 5) is 47.8. The molecule has 2 amide bonds. The fourth-order valence-electron chi connectivity index (χ4n) is 7.94. The lowest BCUT2D eigenvalue weighted by molar-refractivity contribution is -0.128. The molecule has 4 aromatic rings. The van der Waals surface area contributed by atoms with Crippen molar-refractivity contribution in [3.05, 3.63) is 110 Å². The van der Waals surface area contributed by atoms with Crippen LogP contribution in [0.15, 0.2) is 73.3 Å². The summed E-state index contributed by atoms with van der Waals surface area (Å²) in [5, 5.41) is 5.89. The van der Waals surface area contributed by atoms with E-state index in [0.29, 0.717) is 55.9 Å². The number of hydrogen-bond acceptors (Lipinski definition) is 8. The predicted molar refractivity (Wildman–Crippen MR) is 221 cm³/mol. The fraction of sp³-hybridized carbons (Fsp3) is 0.390. The van der Waals surface area contributed by atoms with E-state index in [4.69, 9.17) is 32.9 Å². The van der Waals surface area contributed by atoms with Crippen LogP contribution in [-0.4, -0.2) is 103 Å². The number of likely N-dealkylation sites (tertiary alicyclic amines) is 1. The average molecular weight is 859 g/mol. The van der Waals surface area contributed by atoms with Gasteiger partial charge in [0, 0.05) is 71.1 Å². The number of piperazine rings is 1. The van der Waals surface area contributed by atoms with Crippen LogP contribution in [0.2, 0.25) is 5.02 Å². The molecule has 2 saturated heterocycles. The molecule has 0 radical (unpaired) electrons. The monoisotopic (exact) mass is 858 g/mol. The smallest absolute Gasteiger partial charge is 0.318 e. The Morgan fingerprint density at radius 3 is 2.70 bits per heavy atom. The predicted octanol–water partition coefficient (Wildman–Crippen LogP) is 6.24. The van der Waals surface area contributed by atoms with Gasteiger partial charge in [0.25, 0.3) is 5.91 Å². The molecule has 54 heavy (non-hydrogen) atoms. The Morgan fingerprint density at radius 2 is 1.89 bits per heavy atom. The van der Waals surface area contributed by atoms with Crippen LogP contribution in [0.5, 0.6) is 6.01 Å². The van der Waals surface area contributed by atoms with Crippen molar-refractivity contribution < 1.29 is 14.3 Å². The molecule has 13 heteroatoms. The van der Waals surface area contributed by atoms with Crippen molar-refractivity contribution in [2.45, 2.75) is 44.3 Å². The third-order valence-corrected chi connectivity index (χ3v) is 11.6. The van der Waals surface area contributed by atoms with E-state index in [2.05, 4.69) is 78.3 Å². The number of fused-ring (bicyclic) bond motifs is 2. The van der Waals surface area contributed by atoms with Crippen LogP contribution in [0.25, 0.3) is 15.6 Å². The van der Waals surface area contributed by atoms with Gasteiger partial charge in [-0.1, -0.05) is 48.5 Å². The largest absolute Gasteiger partial charge is 0.462 e. The molecule has 11 nitrogen and oxygen atoms in total. The van der Waals surface area contributed by atoms with Gasteiger partial charge in [-0.05, 0) is 96.6 Å². The van der Waals surface area contributed by atoms with E-state index in [-0.39, 0.29) is 30.4 Å². The number of amides is 2. The number of anilines is 2. The molecule has 1 N–H and O–H groups in total. The third-order valence-electron chi connectivity index (χ3n) is 10.6. The number of nitrogens with one attached hydrogen (secondary N) is 1. The van der Waals surface area contributed by atoms with Crippen molar-refractivity contribution in [1.29, 1.82) is 0 Å². The van der Waals surface area contributed by atoms with Crippen molar-refractivity contribution in [2.75, 3.05) is 68.8 Å². The minimum atomic E-state index is -0.275. The molecule has 0 bridgehead atoms. The molecular weight excluding hydrogens is 815 g/mol. The summed E-state index contributed by atoms with van der Waals surface area (Å²) in [7, 11) is 0. The van der Waals surface area contributed by atoms with Crippen LogP contribution in [0.3, 0.4) is 0 Å². The first kappa shape index (κ1) is 37.8. The highest BCUT2D eigenvalue weighted by molar-refractivity contribution is 14.1. The van der Waals surface area contributed by atoms with E-state index in [1.807, 2.05) is 36.4 Å². The summed E-state index contributed by atoms with van der Waals surface area (Å²) < 4.78 is 7.52. The fourth-order valence-corrected chi connectivity index (χ4v) is 8.76. The highest BCUT2D eigenvalue weighted by atomic mass is 127. The zero-order chi connectivity index (χ0) is 37.6. The van der Waals surface area contributed by atoms with Gasteiger partial charge < -0.3 is 29.6 Å². The molecule has 1 aromatic heterocycles. The average Bonchev–Trinajstić information content (AvgIpc) is 3.65. The van der Waals surface area contributed by atoms with Crippen molar-refractivity contribution >= 4 is 68.3 Å². The standard InChI is InChI=1S/C41H44ClIN8O3/c1-3-37(52)51-22-21-50(25-32(51)24-44-2)39-33-16-20-49(36-15-6-10-28-9-5-14-34(42)38(28)36)26-35(33)46-41(47-39)54-27-31-13-7-18-48(31)19-8-17-45-40(53)29-11-4-12-30(43)23-29/h3-6,9-12,14-15,23,31-32H,1,7-8,13,16-22,24-27H2,(H,45,53)/t31-,32-/m0/s1. The molecule has 3 aromatic carbocycles. The number of ether oxygens (including phenoxy) is 1. The molecule has 280 valence electrons. The van der Waals surface area contributed by atoms with Gasteiger partial charge in [-0.15, -0.1) is 0 Å². The SMILES string of the molecule is [C-]#[N+]C[C@H]1CN(c2nc(OC[C@@H]3CCCN3CCCNC(=O)c3cccc(I)c3)nc3c2CCN(c2cccc4cccc(Cl)c24)C3)CCN1C(=O)C=C. The lowest BCUT2D eigenvalue weighted by Crippen LogP contribution is -2.56. The second kappa shape index (κ2) is 17.3. The van der Waals surface area contributed by atoms with Crippen LogP contribution >= 0.6 is 34.2 Å². The molecule has 3 aliphatic heterocycles. The highest BCUT2D eigenvalue weighted by Crippen LogP contribution is 2.37. The normalized spacial score (nSPS) is 18.6. The molecule has 0 unspecified atom stereocenters. The quantitative estimate of drug-likeness (QED) is 0.0776. The second-order valence-electron chi connectivity index (χ2n) is 14.0. The first-order chi connectivity index (χ1) is 26.3. The van der Waals surface area contributed by atoms with Gasteiger partial charge in [-0.2, -0.15) is 9.97 Å². The number of nitrogens with zero attached hydrogens (tertiary/aromatic N) is 7. The van der Waals surface area contributed by atoms with Crippen molar-refractivity contribution in [3.63, 3.8) is 0 Å². The molecule has 4 heterocycles. The molecule has 0 aliphatic carbocycles. The van der Waals surface area contributed by atoms with Crippen molar-refractivity contribution in [1.82, 2.24) is 25.1 Å². The zero-order valence-corrected chi connectivity index (χ0v) is 33.1. The Balaban J connectivity index is 1.09. The van der Waals surface area contributed by atoms with Gasteiger partial charge in [0.2, 0.25) is 12.5 Å². The highest BCUT2D eigenvalue weighted by Gasteiger charge is 2.35. The molecule has 3 aliphatic rings. The summed E-state index contributed by atoms with van der Waals surface area (Å²) in [6.07, 6.45) is 4.98. The van der Waals surface area contributed by atoms with E-state index in [9.17, 15) is 9.59 Å². The number of halogens is 2. The molecule has 2 fully saturated rings. The summed E-state index contributed by atoms with van der Waals surface area (Å²) in [6.45, 7) is 17.2. The van der Waals surface area contributed by atoms with E-state index in [0.717, 1.165) is 82.4 Å². The van der Waals surface area contributed by atoms with Crippen molar-refractivity contribution in [2.24, 2.45) is 0 Å². The van der Waals surface area contributed by atoms with Gasteiger partial charge in [0.15, 0.2) is 0 Å². The summed E-state index contributed by atoms with van der Waals surface area (Å²) >= 11 is 8.98. The van der Waals surface area contributed by atoms with E-state index in [1.165, 1.54) is 6.08 Å². The van der Waals surface area contributed by atoms with E-state index in [1.54, 1.807) is 4.90 Å². The Hall–Kier alpha value is -4.45. The number of rotatable bonds is 12. The number of hydrogen-bond donors (Lipinski definition) is 1. The lowest BCUT2D eigenvalue weighted by Gasteiger charge is -2.41. The summed E-state index contributed by atoms with van der Waals surface area (Å²) in [5.74, 6) is 0.612. The summed E-state index contributed by atoms with van der Waals surface area (Å²) in [5.41, 5.74) is 3.72. The van der Waals surface area contributed by atoms with E-state index < -0.39 is 0 Å². The molecule has 0 saturated carbocycles. The first-order valence-electron chi connectivity index (χ1n) is 18.6. The van der Waals surface area contributed by atoms with Crippen LogP contribution in [0.1, 0.15) is 40.9 Å². The molecular formula is C41H44ClIN8O3. The Morgan fingerprint density at radius 1 is 1.06 bits per heavy atom. The minimum Gasteiger partial charge on any atom is -0.462 e. The van der Waals surface area contributed by atoms with Gasteiger partial charge in [0.05, 0.1) is 17.3 Å². The van der Waals surface area contributed by atoms with Crippen LogP contribution in [0, 0.1) is 10.1 Å². The topological polar surface area (TPSA) is 98.5 Å². The van der Waals surface area contributed by atoms with Gasteiger partial charge in [0.1, 0.15) is 18.5 Å². The van der Waals surface area contributed by atoms with Crippen LogP contribution in [-0.2, 0) is 17.8 Å². The third kappa shape index (κ3) is 8.43. The number of benzene rings is 3. The van der Waals surface area contributed by atoms with E-state index >= 15 is 0 Å². The maximum atomic E-state index is 12.7. The molecule has 0 spiro atoms. The minimum absolute atomic E-state index is 0.0496. The maximum absolute atomic E-state index is 12.7. The van der Waals surface area contributed by atoms with Gasteiger partial charge in [-0.3, -0.25) is 14.5 Å².